The molecule has 130 valence electrons. The largest absolute Gasteiger partial charge is 0.311 e. The molecule has 1 aromatic rings. The van der Waals surface area contributed by atoms with Crippen molar-refractivity contribution in [2.45, 2.75) is 12.5 Å². The third-order valence-corrected chi connectivity index (χ3v) is 7.80. The summed E-state index contributed by atoms with van der Waals surface area (Å²) in [7, 11) is -1.47. The topological polar surface area (TPSA) is 74.8 Å². The van der Waals surface area contributed by atoms with Crippen molar-refractivity contribution in [1.29, 1.82) is 0 Å². The van der Waals surface area contributed by atoms with Gasteiger partial charge < -0.3 is 4.90 Å². The predicted molar refractivity (Wildman–Crippen MR) is 101 cm³/mol. The van der Waals surface area contributed by atoms with Crippen LogP contribution in [-0.4, -0.2) is 54.0 Å². The maximum atomic E-state index is 13.0. The third kappa shape index (κ3) is 2.52. The number of amides is 2. The zero-order valence-electron chi connectivity index (χ0n) is 13.3. The fourth-order valence-corrected chi connectivity index (χ4v) is 6.59. The molecule has 1 aromatic carbocycles. The second-order valence-electron chi connectivity index (χ2n) is 6.19. The van der Waals surface area contributed by atoms with Crippen molar-refractivity contribution in [3.8, 4) is 0 Å². The lowest BCUT2D eigenvalue weighted by molar-refractivity contribution is -0.123. The van der Waals surface area contributed by atoms with Gasteiger partial charge in [0.05, 0.1) is 33.7 Å². The lowest BCUT2D eigenvalue weighted by Gasteiger charge is -2.21. The molecule has 2 fully saturated rings. The zero-order chi connectivity index (χ0) is 17.9. The summed E-state index contributed by atoms with van der Waals surface area (Å²) in [5.41, 5.74) is 1.80. The van der Waals surface area contributed by atoms with E-state index < -0.39 is 15.9 Å². The highest BCUT2D eigenvalue weighted by Gasteiger charge is 2.45. The van der Waals surface area contributed by atoms with Gasteiger partial charge in [0, 0.05) is 12.6 Å². The monoisotopic (exact) mass is 394 g/mol. The summed E-state index contributed by atoms with van der Waals surface area (Å²) in [5, 5.41) is 0. The van der Waals surface area contributed by atoms with E-state index in [0.29, 0.717) is 21.9 Å². The SMILES string of the molecule is CN1C(=O)/C(=C2/SC(=S)N(C3CCS(=O)(=O)C3)C2=O)c2ccccc21. The normalized spacial score (nSPS) is 28.2. The number of fused-ring (bicyclic) bond motifs is 1. The van der Waals surface area contributed by atoms with Crippen molar-refractivity contribution < 1.29 is 18.0 Å². The molecule has 0 radical (unpaired) electrons. The van der Waals surface area contributed by atoms with E-state index in [0.717, 1.165) is 17.4 Å². The van der Waals surface area contributed by atoms with Crippen LogP contribution in [0.25, 0.3) is 5.57 Å². The van der Waals surface area contributed by atoms with Crippen LogP contribution < -0.4 is 4.90 Å². The fourth-order valence-electron chi connectivity index (χ4n) is 3.41. The van der Waals surface area contributed by atoms with Crippen LogP contribution >= 0.6 is 24.0 Å². The maximum absolute atomic E-state index is 13.0. The van der Waals surface area contributed by atoms with Gasteiger partial charge in [0.15, 0.2) is 9.84 Å². The van der Waals surface area contributed by atoms with Crippen LogP contribution in [0.15, 0.2) is 29.2 Å². The molecular weight excluding hydrogens is 380 g/mol. The quantitative estimate of drug-likeness (QED) is 0.530. The van der Waals surface area contributed by atoms with Crippen molar-refractivity contribution in [2.75, 3.05) is 23.5 Å². The van der Waals surface area contributed by atoms with E-state index in [9.17, 15) is 18.0 Å². The highest BCUT2D eigenvalue weighted by Crippen LogP contribution is 2.45. The van der Waals surface area contributed by atoms with E-state index in [2.05, 4.69) is 0 Å². The van der Waals surface area contributed by atoms with E-state index in [-0.39, 0.29) is 28.2 Å². The Kier molecular flexibility index (Phi) is 3.78. The summed E-state index contributed by atoms with van der Waals surface area (Å²) < 4.78 is 23.8. The predicted octanol–water partition coefficient (Wildman–Crippen LogP) is 1.42. The average Bonchev–Trinajstić information content (AvgIpc) is 3.14. The Morgan fingerprint density at radius 3 is 2.60 bits per heavy atom. The standard InChI is InChI=1S/C16H14N2O4S3/c1-17-11-5-3-2-4-10(11)12(14(17)19)13-15(20)18(16(23)24-13)9-6-7-25(21,22)8-9/h2-5,9H,6-8H2,1H3/b13-12+. The highest BCUT2D eigenvalue weighted by atomic mass is 32.2. The first-order chi connectivity index (χ1) is 11.8. The lowest BCUT2D eigenvalue weighted by Crippen LogP contribution is -2.39. The smallest absolute Gasteiger partial charge is 0.267 e. The van der Waals surface area contributed by atoms with Gasteiger partial charge in [-0.25, -0.2) is 8.42 Å². The molecule has 0 bridgehead atoms. The number of hydrogen-bond donors (Lipinski definition) is 0. The van der Waals surface area contributed by atoms with Gasteiger partial charge in [0.2, 0.25) is 0 Å². The third-order valence-electron chi connectivity index (χ3n) is 4.65. The van der Waals surface area contributed by atoms with Crippen LogP contribution in [0, 0.1) is 0 Å². The van der Waals surface area contributed by atoms with Gasteiger partial charge in [0.1, 0.15) is 4.32 Å². The number of benzene rings is 1. The number of carbonyl (C=O) groups excluding carboxylic acids is 2. The molecule has 1 unspecified atom stereocenters. The van der Waals surface area contributed by atoms with Crippen LogP contribution in [0.5, 0.6) is 0 Å². The van der Waals surface area contributed by atoms with E-state index >= 15 is 0 Å². The summed E-state index contributed by atoms with van der Waals surface area (Å²) in [4.78, 5) is 28.8. The molecule has 0 aromatic heterocycles. The van der Waals surface area contributed by atoms with Crippen LogP contribution in [0.2, 0.25) is 0 Å². The molecular formula is C16H14N2O4S3. The molecule has 0 aliphatic carbocycles. The Morgan fingerprint density at radius 2 is 1.92 bits per heavy atom. The Bertz CT molecular complexity index is 967. The fraction of sp³-hybridized carbons (Fsp3) is 0.312. The van der Waals surface area contributed by atoms with Crippen molar-refractivity contribution in [1.82, 2.24) is 4.90 Å². The Morgan fingerprint density at radius 1 is 1.20 bits per heavy atom. The number of rotatable bonds is 1. The molecule has 3 aliphatic rings. The first-order valence-electron chi connectivity index (χ1n) is 7.67. The number of nitrogens with zero attached hydrogens (tertiary/aromatic N) is 2. The van der Waals surface area contributed by atoms with Gasteiger partial charge in [-0.1, -0.05) is 42.2 Å². The number of likely N-dealkylation sites (N-methyl/N-ethyl adjacent to an activating group) is 1. The highest BCUT2D eigenvalue weighted by molar-refractivity contribution is 8.26. The molecule has 1 atom stereocenters. The number of anilines is 1. The molecule has 9 heteroatoms. The number of carbonyl (C=O) groups is 2. The minimum atomic E-state index is -3.14. The number of thiocarbonyl (C=S) groups is 1. The number of hydrogen-bond acceptors (Lipinski definition) is 6. The minimum absolute atomic E-state index is 0.0606. The van der Waals surface area contributed by atoms with Gasteiger partial charge >= 0.3 is 0 Å². The molecule has 0 spiro atoms. The number of thioether (sulfide) groups is 1. The van der Waals surface area contributed by atoms with Crippen molar-refractivity contribution in [3.63, 3.8) is 0 Å². The second-order valence-corrected chi connectivity index (χ2v) is 10.1. The Labute approximate surface area is 154 Å². The van der Waals surface area contributed by atoms with E-state index in [1.54, 1.807) is 13.1 Å². The number of sulfone groups is 1. The van der Waals surface area contributed by atoms with Crippen LogP contribution in [0.1, 0.15) is 12.0 Å². The molecule has 25 heavy (non-hydrogen) atoms. The summed E-state index contributed by atoms with van der Waals surface area (Å²) >= 11 is 6.40. The molecule has 4 rings (SSSR count). The van der Waals surface area contributed by atoms with Gasteiger partial charge in [-0.05, 0) is 12.5 Å². The van der Waals surface area contributed by atoms with Crippen LogP contribution in [0.4, 0.5) is 5.69 Å². The van der Waals surface area contributed by atoms with Crippen molar-refractivity contribution in [3.05, 3.63) is 34.7 Å². The van der Waals surface area contributed by atoms with Crippen LogP contribution in [0.3, 0.4) is 0 Å². The molecule has 6 nitrogen and oxygen atoms in total. The summed E-state index contributed by atoms with van der Waals surface area (Å²) in [6, 6.07) is 6.83. The van der Waals surface area contributed by atoms with Crippen LogP contribution in [-0.2, 0) is 19.4 Å². The second kappa shape index (κ2) is 5.65. The van der Waals surface area contributed by atoms with Crippen molar-refractivity contribution in [2.24, 2.45) is 0 Å². The van der Waals surface area contributed by atoms with E-state index in [1.165, 1.54) is 9.80 Å². The number of para-hydroxylation sites is 1. The minimum Gasteiger partial charge on any atom is -0.311 e. The lowest BCUT2D eigenvalue weighted by atomic mass is 10.1. The molecule has 0 N–H and O–H groups in total. The summed E-state index contributed by atoms with van der Waals surface area (Å²) in [6.07, 6.45) is 0.377. The summed E-state index contributed by atoms with van der Waals surface area (Å²) in [5.74, 6) is -0.635. The van der Waals surface area contributed by atoms with E-state index in [1.807, 2.05) is 18.2 Å². The van der Waals surface area contributed by atoms with Gasteiger partial charge in [-0.2, -0.15) is 0 Å². The van der Waals surface area contributed by atoms with Gasteiger partial charge in [0.25, 0.3) is 11.8 Å². The maximum Gasteiger partial charge on any atom is 0.267 e. The van der Waals surface area contributed by atoms with E-state index in [4.69, 9.17) is 12.2 Å². The first kappa shape index (κ1) is 16.7. The molecule has 3 heterocycles. The first-order valence-corrected chi connectivity index (χ1v) is 10.7. The summed E-state index contributed by atoms with van der Waals surface area (Å²) in [6.45, 7) is 0. The van der Waals surface area contributed by atoms with Gasteiger partial charge in [-0.3, -0.25) is 14.5 Å². The van der Waals surface area contributed by atoms with Crippen molar-refractivity contribution >= 4 is 61.2 Å². The van der Waals surface area contributed by atoms with Gasteiger partial charge in [-0.15, -0.1) is 0 Å². The average molecular weight is 394 g/mol. The Balaban J connectivity index is 1.78. The Hall–Kier alpha value is -1.71. The molecule has 2 saturated heterocycles. The zero-order valence-corrected chi connectivity index (χ0v) is 15.7. The molecule has 3 aliphatic heterocycles. The molecule has 2 amide bonds. The molecule has 0 saturated carbocycles.